The largest absolute Gasteiger partial charge is 0.476 e. The number of carboxylic acids is 1. The van der Waals surface area contributed by atoms with Gasteiger partial charge in [-0.05, 0) is 50.5 Å². The number of aromatic carboxylic acids is 1. The Kier molecular flexibility index (Phi) is 6.01. The molecular formula is C22H23ClFN5O3. The van der Waals surface area contributed by atoms with Gasteiger partial charge < -0.3 is 15.3 Å². The molecule has 1 saturated heterocycles. The summed E-state index contributed by atoms with van der Waals surface area (Å²) in [6, 6.07) is 4.91. The summed E-state index contributed by atoms with van der Waals surface area (Å²) in [7, 11) is 1.64. The lowest BCUT2D eigenvalue weighted by Gasteiger charge is -2.29. The van der Waals surface area contributed by atoms with E-state index < -0.39 is 17.8 Å². The highest BCUT2D eigenvalue weighted by Crippen LogP contribution is 2.29. The molecule has 1 aliphatic rings. The number of hydrogen-bond acceptors (Lipinski definition) is 6. The van der Waals surface area contributed by atoms with Crippen molar-refractivity contribution in [2.75, 3.05) is 23.3 Å². The first-order chi connectivity index (χ1) is 15.3. The Morgan fingerprint density at radius 1 is 1.22 bits per heavy atom. The van der Waals surface area contributed by atoms with E-state index in [1.54, 1.807) is 14.0 Å². The van der Waals surface area contributed by atoms with Crippen molar-refractivity contribution in [1.29, 1.82) is 0 Å². The molecule has 0 unspecified atom stereocenters. The van der Waals surface area contributed by atoms with Crippen molar-refractivity contribution in [3.05, 3.63) is 56.8 Å². The number of halogens is 2. The number of aromatic nitrogens is 3. The lowest BCUT2D eigenvalue weighted by Crippen LogP contribution is -2.35. The van der Waals surface area contributed by atoms with Crippen LogP contribution in [0.4, 0.5) is 16.0 Å². The number of nitrogens with one attached hydrogen (secondary N) is 1. The molecule has 3 heterocycles. The van der Waals surface area contributed by atoms with Crippen LogP contribution >= 0.6 is 11.6 Å². The summed E-state index contributed by atoms with van der Waals surface area (Å²) in [6.45, 7) is 3.34. The van der Waals surface area contributed by atoms with Crippen molar-refractivity contribution in [2.45, 2.75) is 32.2 Å². The summed E-state index contributed by atoms with van der Waals surface area (Å²) in [5.74, 6) is -1.27. The van der Waals surface area contributed by atoms with E-state index >= 15 is 0 Å². The van der Waals surface area contributed by atoms with Gasteiger partial charge in [0.2, 0.25) is 5.95 Å². The molecule has 2 aromatic heterocycles. The quantitative estimate of drug-likeness (QED) is 0.556. The highest BCUT2D eigenvalue weighted by molar-refractivity contribution is 6.29. The van der Waals surface area contributed by atoms with E-state index in [9.17, 15) is 19.1 Å². The van der Waals surface area contributed by atoms with Gasteiger partial charge in [0.05, 0.1) is 22.6 Å². The van der Waals surface area contributed by atoms with Gasteiger partial charge >= 0.3 is 5.97 Å². The fraction of sp³-hybridized carbons (Fsp3) is 0.364. The Bertz CT molecular complexity index is 1260. The summed E-state index contributed by atoms with van der Waals surface area (Å²) < 4.78 is 15.9. The SMILES string of the molecule is C[C@@H](Nc1ccc(Cl)nc1C(=O)O)c1cc(F)cc2c(=O)n(C)c(N3CCCCC3)nc12. The Balaban J connectivity index is 1.82. The zero-order chi connectivity index (χ0) is 23.0. The lowest BCUT2D eigenvalue weighted by atomic mass is 10.0. The first-order valence-corrected chi connectivity index (χ1v) is 10.8. The normalized spacial score (nSPS) is 15.1. The minimum absolute atomic E-state index is 0.0492. The molecule has 1 fully saturated rings. The van der Waals surface area contributed by atoms with E-state index in [4.69, 9.17) is 16.6 Å². The maximum Gasteiger partial charge on any atom is 0.356 e. The Morgan fingerprint density at radius 3 is 2.62 bits per heavy atom. The Morgan fingerprint density at radius 2 is 1.94 bits per heavy atom. The van der Waals surface area contributed by atoms with Gasteiger partial charge in [0.15, 0.2) is 5.69 Å². The van der Waals surface area contributed by atoms with Gasteiger partial charge in [-0.3, -0.25) is 9.36 Å². The van der Waals surface area contributed by atoms with E-state index in [2.05, 4.69) is 15.2 Å². The highest BCUT2D eigenvalue weighted by Gasteiger charge is 2.22. The number of carboxylic acid groups (broad SMARTS) is 1. The average Bonchev–Trinajstić information content (AvgIpc) is 2.77. The van der Waals surface area contributed by atoms with Gasteiger partial charge in [0.25, 0.3) is 5.56 Å². The summed E-state index contributed by atoms with van der Waals surface area (Å²) in [6.07, 6.45) is 3.17. The third-order valence-corrected chi connectivity index (χ3v) is 5.90. The molecule has 0 amide bonds. The van der Waals surface area contributed by atoms with Crippen LogP contribution in [0.1, 0.15) is 48.3 Å². The van der Waals surface area contributed by atoms with E-state index in [0.29, 0.717) is 17.0 Å². The zero-order valence-corrected chi connectivity index (χ0v) is 18.5. The Hall–Kier alpha value is -3.20. The van der Waals surface area contributed by atoms with Crippen LogP contribution in [0.2, 0.25) is 5.15 Å². The van der Waals surface area contributed by atoms with Gasteiger partial charge in [0.1, 0.15) is 11.0 Å². The van der Waals surface area contributed by atoms with Crippen LogP contribution in [0.25, 0.3) is 10.9 Å². The molecular weight excluding hydrogens is 437 g/mol. The smallest absolute Gasteiger partial charge is 0.356 e. The minimum atomic E-state index is -1.24. The second kappa shape index (κ2) is 8.74. The molecule has 168 valence electrons. The molecule has 0 radical (unpaired) electrons. The van der Waals surface area contributed by atoms with Gasteiger partial charge in [-0.25, -0.2) is 19.2 Å². The van der Waals surface area contributed by atoms with E-state index in [-0.39, 0.29) is 27.5 Å². The fourth-order valence-electron chi connectivity index (χ4n) is 4.09. The number of rotatable bonds is 5. The summed E-state index contributed by atoms with van der Waals surface area (Å²) in [4.78, 5) is 35.3. The van der Waals surface area contributed by atoms with Crippen molar-refractivity contribution in [2.24, 2.45) is 7.05 Å². The third kappa shape index (κ3) is 4.12. The first-order valence-electron chi connectivity index (χ1n) is 10.4. The van der Waals surface area contributed by atoms with E-state index in [1.165, 1.54) is 28.8 Å². The molecule has 1 aliphatic heterocycles. The van der Waals surface area contributed by atoms with Crippen molar-refractivity contribution in [3.63, 3.8) is 0 Å². The van der Waals surface area contributed by atoms with E-state index in [1.807, 2.05) is 0 Å². The highest BCUT2D eigenvalue weighted by atomic mass is 35.5. The van der Waals surface area contributed by atoms with Gasteiger partial charge in [-0.1, -0.05) is 11.6 Å². The molecule has 0 aliphatic carbocycles. The number of carbonyl (C=O) groups is 1. The topological polar surface area (TPSA) is 100 Å². The molecule has 0 saturated carbocycles. The summed E-state index contributed by atoms with van der Waals surface area (Å²) in [5.41, 5.74) is 0.480. The van der Waals surface area contributed by atoms with Crippen LogP contribution in [0.3, 0.4) is 0 Å². The lowest BCUT2D eigenvalue weighted by molar-refractivity contribution is 0.0691. The van der Waals surface area contributed by atoms with Crippen LogP contribution in [0.15, 0.2) is 29.1 Å². The van der Waals surface area contributed by atoms with Crippen LogP contribution in [0, 0.1) is 5.82 Å². The van der Waals surface area contributed by atoms with Crippen molar-refractivity contribution >= 4 is 40.1 Å². The molecule has 4 rings (SSSR count). The standard InChI is InChI=1S/C22H23ClFN5O3/c1-12(25-16-6-7-17(23)26-19(16)21(31)32)14-10-13(24)11-15-18(14)27-22(28(2)20(15)30)29-8-4-3-5-9-29/h6-7,10-12,25H,3-5,8-9H2,1-2H3,(H,31,32)/t12-/m1/s1. The maximum atomic E-state index is 14.5. The molecule has 10 heteroatoms. The van der Waals surface area contributed by atoms with Crippen LogP contribution in [-0.2, 0) is 7.05 Å². The predicted molar refractivity (Wildman–Crippen MR) is 121 cm³/mol. The number of fused-ring (bicyclic) bond motifs is 1. The number of piperidine rings is 1. The van der Waals surface area contributed by atoms with Crippen LogP contribution in [0.5, 0.6) is 0 Å². The van der Waals surface area contributed by atoms with Crippen LogP contribution < -0.4 is 15.8 Å². The van der Waals surface area contributed by atoms with Crippen molar-refractivity contribution in [1.82, 2.24) is 14.5 Å². The molecule has 1 atom stereocenters. The molecule has 0 bridgehead atoms. The monoisotopic (exact) mass is 459 g/mol. The molecule has 3 aromatic rings. The Labute approximate surface area is 188 Å². The molecule has 8 nitrogen and oxygen atoms in total. The minimum Gasteiger partial charge on any atom is -0.476 e. The van der Waals surface area contributed by atoms with Gasteiger partial charge in [0, 0.05) is 25.7 Å². The number of anilines is 2. The summed E-state index contributed by atoms with van der Waals surface area (Å²) >= 11 is 5.83. The predicted octanol–water partition coefficient (Wildman–Crippen LogP) is 3.98. The van der Waals surface area contributed by atoms with Crippen LogP contribution in [-0.4, -0.2) is 38.7 Å². The molecule has 1 aromatic carbocycles. The third-order valence-electron chi connectivity index (χ3n) is 5.69. The number of nitrogens with zero attached hydrogens (tertiary/aromatic N) is 4. The van der Waals surface area contributed by atoms with Gasteiger partial charge in [-0.15, -0.1) is 0 Å². The number of benzene rings is 1. The number of pyridine rings is 1. The zero-order valence-electron chi connectivity index (χ0n) is 17.7. The molecule has 2 N–H and O–H groups in total. The molecule has 0 spiro atoms. The maximum absolute atomic E-state index is 14.5. The summed E-state index contributed by atoms with van der Waals surface area (Å²) in [5, 5.41) is 12.7. The molecule has 32 heavy (non-hydrogen) atoms. The fourth-order valence-corrected chi connectivity index (χ4v) is 4.23. The first kappa shape index (κ1) is 22.0. The second-order valence-corrected chi connectivity index (χ2v) is 8.30. The number of hydrogen-bond donors (Lipinski definition) is 2. The van der Waals surface area contributed by atoms with E-state index in [0.717, 1.165) is 32.4 Å². The van der Waals surface area contributed by atoms with Crippen molar-refractivity contribution < 1.29 is 14.3 Å². The van der Waals surface area contributed by atoms with Crippen molar-refractivity contribution in [3.8, 4) is 0 Å². The average molecular weight is 460 g/mol. The second-order valence-electron chi connectivity index (χ2n) is 7.92. The van der Waals surface area contributed by atoms with Gasteiger partial charge in [-0.2, -0.15) is 0 Å².